The number of carbonyl (C=O) groups excluding carboxylic acids is 8. The molecule has 636 valence electrons. The smallest absolute Gasteiger partial charge is 0.307 e. The van der Waals surface area contributed by atoms with E-state index in [0.717, 1.165) is 51.3 Å². The largest absolute Gasteiger partial charge is 0.494 e. The molecule has 8 aliphatic rings. The minimum absolute atomic E-state index is 0.0394. The van der Waals surface area contributed by atoms with Crippen LogP contribution in [0.25, 0.3) is 21.5 Å². The van der Waals surface area contributed by atoms with Crippen molar-refractivity contribution >= 4 is 88.7 Å². The van der Waals surface area contributed by atoms with Gasteiger partial charge in [-0.05, 0) is 213 Å². The average molecular weight is 1660 g/mol. The highest BCUT2D eigenvalue weighted by molar-refractivity contribution is 7.91. The molecule has 2 N–H and O–H groups in total. The van der Waals surface area contributed by atoms with E-state index in [2.05, 4.69) is 19.4 Å². The summed E-state index contributed by atoms with van der Waals surface area (Å²) in [7, 11) is -7.81. The highest BCUT2D eigenvalue weighted by Crippen LogP contribution is 2.59. The molecule has 12 rings (SSSR count). The Balaban J connectivity index is 0.000000228. The van der Waals surface area contributed by atoms with Gasteiger partial charge in [0.15, 0.2) is 22.8 Å². The van der Waals surface area contributed by atoms with Crippen LogP contribution in [0.3, 0.4) is 0 Å². The first-order valence-electron chi connectivity index (χ1n) is 41.2. The lowest BCUT2D eigenvalue weighted by Crippen LogP contribution is -2.48. The second kappa shape index (κ2) is 35.3. The van der Waals surface area contributed by atoms with Gasteiger partial charge in [0.25, 0.3) is 11.8 Å². The zero-order chi connectivity index (χ0) is 84.4. The number of nitrogens with one attached hydrogen (secondary N) is 2. The molecule has 4 aromatic rings. The van der Waals surface area contributed by atoms with E-state index in [-0.39, 0.29) is 98.9 Å². The van der Waals surface area contributed by atoms with Gasteiger partial charge < -0.3 is 38.2 Å². The third-order valence-electron chi connectivity index (χ3n) is 25.2. The van der Waals surface area contributed by atoms with Gasteiger partial charge in [-0.15, -0.1) is 0 Å². The SMILES string of the molecule is CCOc1ccc2c(O[C@@H]3C[C@H]4C(=O)C[C@]5(C(=O)NS(=O)(=O)C6CC6)C[C@H]5/C=C\CC[C@@H](C)C[C@@H](CC)[C@H](CC(=O)OC(C)(C)C(C)(F)F)C(=O)N4C3)nccc2c1.CCOc1ccc2c(O[C@@H]3C[C@H]4C(=O)C[C@]5(C(=O)NS(=O)(=O)C6CC6)C[C@H]5/C=C\CC[C@H](C)C[C@@H](CC)[C@H](CC(=O)OC(C)(C)C(C)(F)F)C(=O)N4C3)nccc2c1. The molecule has 2 saturated heterocycles. The first-order valence-corrected chi connectivity index (χ1v) is 44.3. The Morgan fingerprint density at radius 1 is 0.534 bits per heavy atom. The van der Waals surface area contributed by atoms with Crippen LogP contribution in [0.5, 0.6) is 23.3 Å². The van der Waals surface area contributed by atoms with Gasteiger partial charge in [-0.25, -0.2) is 44.4 Å². The second-order valence-electron chi connectivity index (χ2n) is 34.8. The zero-order valence-electron chi connectivity index (χ0n) is 68.6. The summed E-state index contributed by atoms with van der Waals surface area (Å²) in [6, 6.07) is 12.4. The predicted molar refractivity (Wildman–Crippen MR) is 425 cm³/mol. The van der Waals surface area contributed by atoms with E-state index in [9.17, 15) is 63.2 Å². The fourth-order valence-corrected chi connectivity index (χ4v) is 19.7. The summed E-state index contributed by atoms with van der Waals surface area (Å²) < 4.78 is 149. The molecule has 4 aliphatic carbocycles. The number of sulfonamides is 2. The maximum absolute atomic E-state index is 15.0. The molecule has 30 heteroatoms. The molecule has 0 spiro atoms. The Morgan fingerprint density at radius 3 is 1.24 bits per heavy atom. The van der Waals surface area contributed by atoms with E-state index in [1.165, 1.54) is 9.80 Å². The molecular formula is C86H114F4N6O18S2. The van der Waals surface area contributed by atoms with Crippen LogP contribution in [0.1, 0.15) is 212 Å². The van der Waals surface area contributed by atoms with Crippen molar-refractivity contribution in [2.45, 2.75) is 269 Å². The van der Waals surface area contributed by atoms with Gasteiger partial charge >= 0.3 is 11.9 Å². The third-order valence-corrected chi connectivity index (χ3v) is 28.8. The number of benzene rings is 2. The van der Waals surface area contributed by atoms with Crippen LogP contribution in [-0.4, -0.2) is 168 Å². The van der Waals surface area contributed by atoms with Crippen molar-refractivity contribution in [1.82, 2.24) is 29.2 Å². The summed E-state index contributed by atoms with van der Waals surface area (Å²) in [6.45, 7) is 18.4. The number of aromatic nitrogens is 2. The third kappa shape index (κ3) is 20.5. The van der Waals surface area contributed by atoms with Crippen LogP contribution < -0.4 is 28.4 Å². The Labute approximate surface area is 677 Å². The van der Waals surface area contributed by atoms with Gasteiger partial charge in [0.05, 0.1) is 84.4 Å². The number of allylic oxidation sites excluding steroid dienone is 4. The van der Waals surface area contributed by atoms with Crippen LogP contribution in [-0.2, 0) is 67.9 Å². The van der Waals surface area contributed by atoms with Crippen LogP contribution in [0, 0.1) is 58.2 Å². The highest BCUT2D eigenvalue weighted by Gasteiger charge is 2.64. The van der Waals surface area contributed by atoms with Crippen molar-refractivity contribution in [3.8, 4) is 23.3 Å². The summed E-state index contributed by atoms with van der Waals surface area (Å²) in [5, 5.41) is 1.69. The molecule has 6 fully saturated rings. The van der Waals surface area contributed by atoms with E-state index < -0.39 is 161 Å². The maximum Gasteiger partial charge on any atom is 0.307 e. The number of carbonyl (C=O) groups is 8. The number of fused-ring (bicyclic) bond motifs is 6. The van der Waals surface area contributed by atoms with Gasteiger partial charge in [-0.1, -0.05) is 64.8 Å². The van der Waals surface area contributed by atoms with Crippen LogP contribution in [0.15, 0.2) is 85.2 Å². The number of rotatable bonds is 24. The standard InChI is InChI=1S/2C43H57F2N3O9S/c2*1-7-27-19-26(3)11-9-10-12-29-23-43(29,40(52)47-58(53,54)32-14-15-32)24-36(49)35-21-31(56-38-33-16-13-30(55-8-2)20-28(33)17-18-46-38)25-48(35)39(51)34(27)22-37(50)57-41(4,5)42(6,44)45/h2*10,12-13,16-18,20,26-27,29,31-32,34-35H,7-9,11,14-15,19,21-25H2,1-6H3,(H,47,52)/b2*12-10-/t26-,27+,29+,31+,34-,35-,43+;26-,27-,29-,31-,34+,35+,43-/m01/s1. The predicted octanol–water partition coefficient (Wildman–Crippen LogP) is 13.9. The molecule has 0 bridgehead atoms. The minimum Gasteiger partial charge on any atom is -0.494 e. The number of amides is 4. The molecule has 2 aromatic heterocycles. The molecule has 4 amide bonds. The van der Waals surface area contributed by atoms with Crippen LogP contribution in [0.2, 0.25) is 0 Å². The number of ether oxygens (including phenoxy) is 6. The van der Waals surface area contributed by atoms with Crippen molar-refractivity contribution in [3.63, 3.8) is 0 Å². The summed E-state index contributed by atoms with van der Waals surface area (Å²) in [4.78, 5) is 126. The van der Waals surface area contributed by atoms with Gasteiger partial charge in [0.1, 0.15) is 23.7 Å². The Kier molecular flexibility index (Phi) is 27.0. The first kappa shape index (κ1) is 88.5. The second-order valence-corrected chi connectivity index (χ2v) is 38.7. The molecule has 4 saturated carbocycles. The van der Waals surface area contributed by atoms with Gasteiger partial charge in [-0.3, -0.25) is 47.8 Å². The quantitative estimate of drug-likeness (QED) is 0.0374. The summed E-state index contributed by atoms with van der Waals surface area (Å²) in [5.41, 5.74) is -6.93. The lowest BCUT2D eigenvalue weighted by molar-refractivity contribution is -0.197. The highest BCUT2D eigenvalue weighted by atomic mass is 32.2. The molecule has 0 radical (unpaired) electrons. The molecule has 6 heterocycles. The van der Waals surface area contributed by atoms with Crippen LogP contribution >= 0.6 is 0 Å². The van der Waals surface area contributed by atoms with E-state index in [4.69, 9.17) is 28.4 Å². The minimum atomic E-state index is -3.91. The Morgan fingerprint density at radius 2 is 0.905 bits per heavy atom. The maximum atomic E-state index is 15.0. The fraction of sp³-hybridized carbons (Fsp3) is 0.651. The lowest BCUT2D eigenvalue weighted by Gasteiger charge is -2.35. The average Bonchev–Trinajstić information content (AvgIpc) is 1.57. The van der Waals surface area contributed by atoms with E-state index in [0.29, 0.717) is 114 Å². The molecule has 14 atom stereocenters. The summed E-state index contributed by atoms with van der Waals surface area (Å²) in [6.07, 6.45) is 15.1. The summed E-state index contributed by atoms with van der Waals surface area (Å²) in [5.74, 6) is -13.4. The normalized spacial score (nSPS) is 29.1. The zero-order valence-corrected chi connectivity index (χ0v) is 70.2. The van der Waals surface area contributed by atoms with Gasteiger partial charge in [0.2, 0.25) is 55.4 Å². The number of pyridine rings is 2. The molecular weight excluding hydrogens is 1550 g/mol. The van der Waals surface area contributed by atoms with Gasteiger partial charge in [-0.2, -0.15) is 0 Å². The number of Topliss-reactive ketones (excluding diaryl/α,β-unsaturated/α-hetero) is 2. The van der Waals surface area contributed by atoms with Crippen molar-refractivity contribution < 1.29 is 101 Å². The number of hydrogen-bond donors (Lipinski definition) is 2. The first-order chi connectivity index (χ1) is 54.6. The summed E-state index contributed by atoms with van der Waals surface area (Å²) >= 11 is 0. The molecule has 2 aromatic carbocycles. The van der Waals surface area contributed by atoms with Crippen molar-refractivity contribution in [1.29, 1.82) is 0 Å². The Bertz CT molecular complexity index is 4350. The molecule has 4 aliphatic heterocycles. The van der Waals surface area contributed by atoms with Crippen molar-refractivity contribution in [2.75, 3.05) is 26.3 Å². The lowest BCUT2D eigenvalue weighted by atomic mass is 9.79. The number of ketones is 2. The molecule has 0 unspecified atom stereocenters. The monoisotopic (exact) mass is 1660 g/mol. The van der Waals surface area contributed by atoms with E-state index in [1.807, 2.05) is 102 Å². The Hall–Kier alpha value is -8.28. The number of esters is 2. The van der Waals surface area contributed by atoms with Crippen molar-refractivity contribution in [3.05, 3.63) is 85.2 Å². The van der Waals surface area contributed by atoms with E-state index in [1.54, 1.807) is 24.5 Å². The number of alkyl halides is 4. The van der Waals surface area contributed by atoms with Crippen molar-refractivity contribution in [2.24, 2.45) is 58.2 Å². The number of hydrogen-bond acceptors (Lipinski definition) is 20. The van der Waals surface area contributed by atoms with E-state index >= 15 is 9.59 Å². The van der Waals surface area contributed by atoms with Gasteiger partial charge in [0, 0.05) is 62.7 Å². The number of nitrogens with zero attached hydrogens (tertiary/aromatic N) is 4. The van der Waals surface area contributed by atoms with Crippen LogP contribution in [0.4, 0.5) is 17.6 Å². The topological polar surface area (TPSA) is 317 Å². The fourth-order valence-electron chi connectivity index (χ4n) is 17.0. The molecule has 24 nitrogen and oxygen atoms in total. The number of halogens is 4. The molecule has 116 heavy (non-hydrogen) atoms.